The van der Waals surface area contributed by atoms with Crippen LogP contribution >= 0.6 is 0 Å². The van der Waals surface area contributed by atoms with E-state index in [-0.39, 0.29) is 24.3 Å². The Labute approximate surface area is 103 Å². The number of ether oxygens (including phenoxy) is 2. The molecular formula is C12H24N2O3. The monoisotopic (exact) mass is 244 g/mol. The minimum absolute atomic E-state index is 0.0403. The molecule has 17 heavy (non-hydrogen) atoms. The fourth-order valence-electron chi connectivity index (χ4n) is 2.09. The summed E-state index contributed by atoms with van der Waals surface area (Å²) in [6.07, 6.45) is 2.16. The van der Waals surface area contributed by atoms with Gasteiger partial charge in [-0.2, -0.15) is 0 Å². The van der Waals surface area contributed by atoms with E-state index in [4.69, 9.17) is 15.2 Å². The van der Waals surface area contributed by atoms with Gasteiger partial charge in [0.25, 0.3) is 0 Å². The average Bonchev–Trinajstić information content (AvgIpc) is 2.13. The molecule has 0 bridgehead atoms. The van der Waals surface area contributed by atoms with Gasteiger partial charge in [0, 0.05) is 19.2 Å². The SMILES string of the molecule is CO[C@@H]1C[C@@H](N)C[C@@H](NC(=O)OC(C)(C)C)C1. The highest BCUT2D eigenvalue weighted by Crippen LogP contribution is 2.20. The third kappa shape index (κ3) is 5.37. The fraction of sp³-hybridized carbons (Fsp3) is 0.917. The molecule has 100 valence electrons. The molecule has 0 unspecified atom stereocenters. The summed E-state index contributed by atoms with van der Waals surface area (Å²) < 4.78 is 10.5. The summed E-state index contributed by atoms with van der Waals surface area (Å²) >= 11 is 0. The molecule has 1 fully saturated rings. The number of hydrogen-bond donors (Lipinski definition) is 2. The fourth-order valence-corrected chi connectivity index (χ4v) is 2.09. The lowest BCUT2D eigenvalue weighted by molar-refractivity contribution is 0.0340. The van der Waals surface area contributed by atoms with Crippen LogP contribution in [0.5, 0.6) is 0 Å². The lowest BCUT2D eigenvalue weighted by Gasteiger charge is -2.33. The van der Waals surface area contributed by atoms with Gasteiger partial charge in [-0.05, 0) is 40.0 Å². The first-order valence-electron chi connectivity index (χ1n) is 6.08. The number of hydrogen-bond acceptors (Lipinski definition) is 4. The Morgan fingerprint density at radius 1 is 1.29 bits per heavy atom. The van der Waals surface area contributed by atoms with Crippen molar-refractivity contribution < 1.29 is 14.3 Å². The third-order valence-corrected chi connectivity index (χ3v) is 2.75. The predicted octanol–water partition coefficient (Wildman–Crippen LogP) is 1.41. The first-order chi connectivity index (χ1) is 7.80. The molecule has 0 spiro atoms. The van der Waals surface area contributed by atoms with E-state index in [0.717, 1.165) is 19.3 Å². The van der Waals surface area contributed by atoms with Crippen molar-refractivity contribution in [3.8, 4) is 0 Å². The van der Waals surface area contributed by atoms with E-state index in [0.29, 0.717) is 0 Å². The van der Waals surface area contributed by atoms with E-state index in [1.54, 1.807) is 7.11 Å². The molecule has 1 saturated carbocycles. The zero-order chi connectivity index (χ0) is 13.1. The maximum atomic E-state index is 11.6. The van der Waals surface area contributed by atoms with Crippen LogP contribution in [0.3, 0.4) is 0 Å². The number of nitrogens with two attached hydrogens (primary N) is 1. The summed E-state index contributed by atoms with van der Waals surface area (Å²) in [4.78, 5) is 11.6. The summed E-state index contributed by atoms with van der Waals surface area (Å²) in [5.41, 5.74) is 5.45. The summed E-state index contributed by atoms with van der Waals surface area (Å²) in [6, 6.07) is 0.118. The molecule has 0 saturated heterocycles. The summed E-state index contributed by atoms with van der Waals surface area (Å²) in [5, 5.41) is 2.85. The Kier molecular flexibility index (Phi) is 4.77. The number of carbonyl (C=O) groups is 1. The first kappa shape index (κ1) is 14.3. The van der Waals surface area contributed by atoms with Crippen LogP contribution in [0.25, 0.3) is 0 Å². The van der Waals surface area contributed by atoms with Gasteiger partial charge < -0.3 is 20.5 Å². The van der Waals surface area contributed by atoms with Crippen molar-refractivity contribution in [3.63, 3.8) is 0 Å². The Hall–Kier alpha value is -0.810. The Bertz CT molecular complexity index is 263. The van der Waals surface area contributed by atoms with Crippen molar-refractivity contribution in [3.05, 3.63) is 0 Å². The van der Waals surface area contributed by atoms with Crippen molar-refractivity contribution >= 4 is 6.09 Å². The summed E-state index contributed by atoms with van der Waals surface area (Å²) in [7, 11) is 1.67. The van der Waals surface area contributed by atoms with E-state index in [9.17, 15) is 4.79 Å². The molecule has 0 radical (unpaired) electrons. The van der Waals surface area contributed by atoms with Crippen molar-refractivity contribution in [1.29, 1.82) is 0 Å². The number of amides is 1. The number of rotatable bonds is 2. The van der Waals surface area contributed by atoms with E-state index in [2.05, 4.69) is 5.32 Å². The highest BCUT2D eigenvalue weighted by Gasteiger charge is 2.29. The van der Waals surface area contributed by atoms with Crippen LogP contribution < -0.4 is 11.1 Å². The van der Waals surface area contributed by atoms with Gasteiger partial charge in [0.05, 0.1) is 6.10 Å². The van der Waals surface area contributed by atoms with Gasteiger partial charge in [-0.1, -0.05) is 0 Å². The Morgan fingerprint density at radius 3 is 2.47 bits per heavy atom. The second-order valence-electron chi connectivity index (χ2n) is 5.67. The molecule has 1 aliphatic rings. The largest absolute Gasteiger partial charge is 0.444 e. The minimum atomic E-state index is -0.471. The van der Waals surface area contributed by atoms with Crippen molar-refractivity contribution in [2.45, 2.75) is 63.8 Å². The highest BCUT2D eigenvalue weighted by atomic mass is 16.6. The van der Waals surface area contributed by atoms with Gasteiger partial charge in [0.15, 0.2) is 0 Å². The zero-order valence-electron chi connectivity index (χ0n) is 11.2. The van der Waals surface area contributed by atoms with Gasteiger partial charge in [-0.15, -0.1) is 0 Å². The predicted molar refractivity (Wildman–Crippen MR) is 65.8 cm³/mol. The lowest BCUT2D eigenvalue weighted by atomic mass is 9.89. The Balaban J connectivity index is 2.42. The second-order valence-corrected chi connectivity index (χ2v) is 5.67. The first-order valence-corrected chi connectivity index (χ1v) is 6.08. The molecule has 0 aromatic carbocycles. The molecular weight excluding hydrogens is 220 g/mol. The van der Waals surface area contributed by atoms with Gasteiger partial charge in [-0.3, -0.25) is 0 Å². The number of carbonyl (C=O) groups excluding carboxylic acids is 1. The molecule has 0 heterocycles. The van der Waals surface area contributed by atoms with Crippen molar-refractivity contribution in [1.82, 2.24) is 5.32 Å². The molecule has 0 aromatic heterocycles. The van der Waals surface area contributed by atoms with Crippen LogP contribution in [0, 0.1) is 0 Å². The standard InChI is InChI=1S/C12H24N2O3/c1-12(2,3)17-11(15)14-9-5-8(13)6-10(7-9)16-4/h8-10H,5-7,13H2,1-4H3,(H,14,15)/t8-,9+,10+/m0/s1. The number of alkyl carbamates (subject to hydrolysis) is 1. The van der Waals surface area contributed by atoms with Gasteiger partial charge >= 0.3 is 6.09 Å². The lowest BCUT2D eigenvalue weighted by Crippen LogP contribution is -2.48. The molecule has 0 aromatic rings. The van der Waals surface area contributed by atoms with Crippen molar-refractivity contribution in [2.75, 3.05) is 7.11 Å². The van der Waals surface area contributed by atoms with E-state index >= 15 is 0 Å². The molecule has 1 amide bonds. The van der Waals surface area contributed by atoms with Gasteiger partial charge in [0.2, 0.25) is 0 Å². The molecule has 5 heteroatoms. The number of methoxy groups -OCH3 is 1. The summed E-state index contributed by atoms with van der Waals surface area (Å²) in [5.74, 6) is 0. The molecule has 1 aliphatic carbocycles. The van der Waals surface area contributed by atoms with Crippen LogP contribution in [0.1, 0.15) is 40.0 Å². The van der Waals surface area contributed by atoms with Crippen LogP contribution in [0.2, 0.25) is 0 Å². The summed E-state index contributed by atoms with van der Waals surface area (Å²) in [6.45, 7) is 5.53. The zero-order valence-corrected chi connectivity index (χ0v) is 11.2. The molecule has 0 aliphatic heterocycles. The van der Waals surface area contributed by atoms with Gasteiger partial charge in [-0.25, -0.2) is 4.79 Å². The van der Waals surface area contributed by atoms with Crippen molar-refractivity contribution in [2.24, 2.45) is 5.73 Å². The van der Waals surface area contributed by atoms with E-state index < -0.39 is 5.60 Å². The number of nitrogens with one attached hydrogen (secondary N) is 1. The molecule has 3 N–H and O–H groups in total. The van der Waals surface area contributed by atoms with E-state index in [1.165, 1.54) is 0 Å². The van der Waals surface area contributed by atoms with Crippen LogP contribution in [-0.2, 0) is 9.47 Å². The minimum Gasteiger partial charge on any atom is -0.444 e. The average molecular weight is 244 g/mol. The smallest absolute Gasteiger partial charge is 0.407 e. The normalized spacial score (nSPS) is 29.8. The Morgan fingerprint density at radius 2 is 1.94 bits per heavy atom. The maximum Gasteiger partial charge on any atom is 0.407 e. The second kappa shape index (κ2) is 5.69. The van der Waals surface area contributed by atoms with Crippen LogP contribution in [0.15, 0.2) is 0 Å². The van der Waals surface area contributed by atoms with Crippen LogP contribution in [0.4, 0.5) is 4.79 Å². The quantitative estimate of drug-likeness (QED) is 0.770. The van der Waals surface area contributed by atoms with Gasteiger partial charge in [0.1, 0.15) is 5.60 Å². The molecule has 3 atom stereocenters. The topological polar surface area (TPSA) is 73.6 Å². The van der Waals surface area contributed by atoms with Crippen LogP contribution in [-0.4, -0.2) is 37.0 Å². The van der Waals surface area contributed by atoms with E-state index in [1.807, 2.05) is 20.8 Å². The molecule has 5 nitrogen and oxygen atoms in total. The maximum absolute atomic E-state index is 11.6. The third-order valence-electron chi connectivity index (χ3n) is 2.75. The highest BCUT2D eigenvalue weighted by molar-refractivity contribution is 5.68. The molecule has 1 rings (SSSR count).